The lowest BCUT2D eigenvalue weighted by Crippen LogP contribution is -2.27. The SMILES string of the molecule is O=C(Cc1ccc(F)cc1F)NCC1CC1. The van der Waals surface area contributed by atoms with Gasteiger partial charge in [0, 0.05) is 12.6 Å². The van der Waals surface area contributed by atoms with Crippen LogP contribution in [0.1, 0.15) is 18.4 Å². The van der Waals surface area contributed by atoms with Gasteiger partial charge in [-0.3, -0.25) is 4.79 Å². The van der Waals surface area contributed by atoms with Crippen LogP contribution in [0.5, 0.6) is 0 Å². The van der Waals surface area contributed by atoms with Gasteiger partial charge in [0.05, 0.1) is 6.42 Å². The summed E-state index contributed by atoms with van der Waals surface area (Å²) in [7, 11) is 0. The van der Waals surface area contributed by atoms with Crippen molar-refractivity contribution in [2.24, 2.45) is 5.92 Å². The standard InChI is InChI=1S/C12H13F2NO/c13-10-4-3-9(11(14)6-10)5-12(16)15-7-8-1-2-8/h3-4,6,8H,1-2,5,7H2,(H,15,16). The van der Waals surface area contributed by atoms with Gasteiger partial charge in [-0.25, -0.2) is 8.78 Å². The first kappa shape index (κ1) is 11.0. The number of carbonyl (C=O) groups is 1. The third-order valence-electron chi connectivity index (χ3n) is 2.65. The molecule has 1 N–H and O–H groups in total. The Kier molecular flexibility index (Phi) is 3.17. The Bertz CT molecular complexity index is 402. The summed E-state index contributed by atoms with van der Waals surface area (Å²) < 4.78 is 25.8. The van der Waals surface area contributed by atoms with Crippen molar-refractivity contribution in [1.29, 1.82) is 0 Å². The first-order valence-corrected chi connectivity index (χ1v) is 5.36. The van der Waals surface area contributed by atoms with Crippen molar-refractivity contribution < 1.29 is 13.6 Å². The van der Waals surface area contributed by atoms with Crippen molar-refractivity contribution in [2.75, 3.05) is 6.54 Å². The highest BCUT2D eigenvalue weighted by atomic mass is 19.1. The molecule has 16 heavy (non-hydrogen) atoms. The number of nitrogens with one attached hydrogen (secondary N) is 1. The lowest BCUT2D eigenvalue weighted by atomic mass is 10.1. The van der Waals surface area contributed by atoms with E-state index in [4.69, 9.17) is 0 Å². The number of rotatable bonds is 4. The lowest BCUT2D eigenvalue weighted by Gasteiger charge is -2.05. The second-order valence-corrected chi connectivity index (χ2v) is 4.16. The summed E-state index contributed by atoms with van der Waals surface area (Å²) in [5.74, 6) is -0.902. The fraction of sp³-hybridized carbons (Fsp3) is 0.417. The number of halogens is 2. The van der Waals surface area contributed by atoms with E-state index in [9.17, 15) is 13.6 Å². The van der Waals surface area contributed by atoms with Gasteiger partial charge in [0.2, 0.25) is 5.91 Å². The maximum absolute atomic E-state index is 13.2. The van der Waals surface area contributed by atoms with Crippen molar-refractivity contribution in [3.8, 4) is 0 Å². The summed E-state index contributed by atoms with van der Waals surface area (Å²) in [6.07, 6.45) is 2.29. The molecule has 0 atom stereocenters. The summed E-state index contributed by atoms with van der Waals surface area (Å²) in [5, 5.41) is 2.74. The van der Waals surface area contributed by atoms with Crippen molar-refractivity contribution in [3.63, 3.8) is 0 Å². The zero-order valence-corrected chi connectivity index (χ0v) is 8.80. The van der Waals surface area contributed by atoms with E-state index < -0.39 is 11.6 Å². The predicted octanol–water partition coefficient (Wildman–Crippen LogP) is 2.03. The average molecular weight is 225 g/mol. The molecule has 0 saturated heterocycles. The Balaban J connectivity index is 1.89. The monoisotopic (exact) mass is 225 g/mol. The maximum Gasteiger partial charge on any atom is 0.224 e. The molecule has 0 radical (unpaired) electrons. The van der Waals surface area contributed by atoms with E-state index in [0.29, 0.717) is 12.5 Å². The van der Waals surface area contributed by atoms with E-state index in [-0.39, 0.29) is 17.9 Å². The fourth-order valence-electron chi connectivity index (χ4n) is 1.48. The van der Waals surface area contributed by atoms with Crippen molar-refractivity contribution in [3.05, 3.63) is 35.4 Å². The summed E-state index contributed by atoms with van der Waals surface area (Å²) in [6.45, 7) is 0.668. The van der Waals surface area contributed by atoms with E-state index in [2.05, 4.69) is 5.32 Å². The first-order valence-electron chi connectivity index (χ1n) is 5.36. The number of hydrogen-bond acceptors (Lipinski definition) is 1. The van der Waals surface area contributed by atoms with Crippen molar-refractivity contribution in [2.45, 2.75) is 19.3 Å². The molecule has 1 aliphatic rings. The minimum absolute atomic E-state index is 0.0289. The zero-order chi connectivity index (χ0) is 11.5. The molecule has 0 aromatic heterocycles. The van der Waals surface area contributed by atoms with Gasteiger partial charge in [-0.15, -0.1) is 0 Å². The minimum Gasteiger partial charge on any atom is -0.356 e. The van der Waals surface area contributed by atoms with Crippen LogP contribution in [0.4, 0.5) is 8.78 Å². The minimum atomic E-state index is -0.665. The normalized spacial score (nSPS) is 14.9. The molecule has 1 fully saturated rings. The van der Waals surface area contributed by atoms with Gasteiger partial charge < -0.3 is 5.32 Å². The third-order valence-corrected chi connectivity index (χ3v) is 2.65. The fourth-order valence-corrected chi connectivity index (χ4v) is 1.48. The molecule has 1 aliphatic carbocycles. The average Bonchev–Trinajstić information content (AvgIpc) is 3.03. The molecule has 2 nitrogen and oxygen atoms in total. The smallest absolute Gasteiger partial charge is 0.224 e. The molecule has 1 aromatic carbocycles. The van der Waals surface area contributed by atoms with Crippen LogP contribution in [0.25, 0.3) is 0 Å². The summed E-state index contributed by atoms with van der Waals surface area (Å²) in [4.78, 5) is 11.4. The molecule has 0 aliphatic heterocycles. The largest absolute Gasteiger partial charge is 0.356 e. The van der Waals surface area contributed by atoms with Gasteiger partial charge in [-0.1, -0.05) is 6.07 Å². The Morgan fingerprint density at radius 1 is 1.38 bits per heavy atom. The van der Waals surface area contributed by atoms with E-state index in [1.165, 1.54) is 6.07 Å². The Morgan fingerprint density at radius 2 is 2.12 bits per heavy atom. The molecule has 86 valence electrons. The Hall–Kier alpha value is -1.45. The van der Waals surface area contributed by atoms with Crippen LogP contribution in [0.15, 0.2) is 18.2 Å². The van der Waals surface area contributed by atoms with Crippen LogP contribution < -0.4 is 5.32 Å². The highest BCUT2D eigenvalue weighted by Gasteiger charge is 2.21. The third kappa shape index (κ3) is 3.02. The van der Waals surface area contributed by atoms with Gasteiger partial charge in [0.25, 0.3) is 0 Å². The van der Waals surface area contributed by atoms with Crippen LogP contribution in [0.3, 0.4) is 0 Å². The molecule has 0 bridgehead atoms. The molecular weight excluding hydrogens is 212 g/mol. The van der Waals surface area contributed by atoms with Gasteiger partial charge in [-0.05, 0) is 30.4 Å². The molecule has 0 spiro atoms. The van der Waals surface area contributed by atoms with Crippen molar-refractivity contribution in [1.82, 2.24) is 5.32 Å². The number of hydrogen-bond donors (Lipinski definition) is 1. The molecule has 0 heterocycles. The van der Waals surface area contributed by atoms with Gasteiger partial charge in [0.1, 0.15) is 11.6 Å². The number of carbonyl (C=O) groups excluding carboxylic acids is 1. The van der Waals surface area contributed by atoms with E-state index in [1.807, 2.05) is 0 Å². The lowest BCUT2D eigenvalue weighted by molar-refractivity contribution is -0.120. The number of benzene rings is 1. The second kappa shape index (κ2) is 4.60. The topological polar surface area (TPSA) is 29.1 Å². The highest BCUT2D eigenvalue weighted by Crippen LogP contribution is 2.27. The van der Waals surface area contributed by atoms with Crippen LogP contribution in [-0.2, 0) is 11.2 Å². The van der Waals surface area contributed by atoms with Gasteiger partial charge in [-0.2, -0.15) is 0 Å². The van der Waals surface area contributed by atoms with E-state index >= 15 is 0 Å². The first-order chi connectivity index (χ1) is 7.65. The summed E-state index contributed by atoms with van der Waals surface area (Å²) in [5.41, 5.74) is 0.231. The van der Waals surface area contributed by atoms with Crippen LogP contribution in [0, 0.1) is 17.6 Å². The maximum atomic E-state index is 13.2. The molecular formula is C12H13F2NO. The van der Waals surface area contributed by atoms with Gasteiger partial charge in [0.15, 0.2) is 0 Å². The summed E-state index contributed by atoms with van der Waals surface area (Å²) in [6, 6.07) is 3.26. The molecule has 1 aromatic rings. The van der Waals surface area contributed by atoms with Crippen LogP contribution in [-0.4, -0.2) is 12.5 Å². The van der Waals surface area contributed by atoms with Crippen LogP contribution >= 0.6 is 0 Å². The van der Waals surface area contributed by atoms with E-state index in [1.54, 1.807) is 0 Å². The van der Waals surface area contributed by atoms with Crippen LogP contribution in [0.2, 0.25) is 0 Å². The zero-order valence-electron chi connectivity index (χ0n) is 8.80. The molecule has 2 rings (SSSR count). The Labute approximate surface area is 92.7 Å². The Morgan fingerprint density at radius 3 is 2.75 bits per heavy atom. The van der Waals surface area contributed by atoms with Gasteiger partial charge >= 0.3 is 0 Å². The van der Waals surface area contributed by atoms with Crippen molar-refractivity contribution >= 4 is 5.91 Å². The molecule has 1 saturated carbocycles. The number of amides is 1. The summed E-state index contributed by atoms with van der Waals surface area (Å²) >= 11 is 0. The second-order valence-electron chi connectivity index (χ2n) is 4.16. The quantitative estimate of drug-likeness (QED) is 0.834. The molecule has 1 amide bonds. The van der Waals surface area contributed by atoms with E-state index in [0.717, 1.165) is 25.0 Å². The molecule has 4 heteroatoms. The molecule has 0 unspecified atom stereocenters. The predicted molar refractivity (Wildman–Crippen MR) is 55.8 cm³/mol. The highest BCUT2D eigenvalue weighted by molar-refractivity contribution is 5.78.